The highest BCUT2D eigenvalue weighted by Crippen LogP contribution is 2.71. The highest BCUT2D eigenvalue weighted by atomic mass is 32.1. The number of carbonyl (C=O) groups is 1. The Morgan fingerprint density at radius 2 is 0.844 bits per heavy atom. The Balaban J connectivity index is 1.17. The fraction of sp³-hybridized carbons (Fsp3) is 0.211. The Bertz CT molecular complexity index is 3740. The fourth-order valence-electron chi connectivity index (χ4n) is 14.3. The second-order valence-electron chi connectivity index (χ2n) is 21.0. The number of nitrogens with zero attached hydrogens (tertiary/aromatic N) is 3. The van der Waals surface area contributed by atoms with Crippen molar-refractivity contribution in [3.8, 4) is 49.9 Å². The van der Waals surface area contributed by atoms with E-state index in [9.17, 15) is 15.2 Å². The summed E-state index contributed by atoms with van der Waals surface area (Å²) in [6.07, 6.45) is 7.08. The number of carboxylic acids is 1. The monoisotopic (exact) mass is 1020 g/mol. The Labute approximate surface area is 458 Å². The maximum Gasteiger partial charge on any atom is 0.346 e. The number of fused-ring (bicyclic) bond motifs is 12. The van der Waals surface area contributed by atoms with Crippen LogP contribution in [-0.4, -0.2) is 11.1 Å². The van der Waals surface area contributed by atoms with Crippen LogP contribution in [-0.2, 0) is 21.0 Å². The quantitative estimate of drug-likeness (QED) is 0.0819. The molecule has 3 aliphatic rings. The third-order valence-corrected chi connectivity index (χ3v) is 19.1. The highest BCUT2D eigenvalue weighted by Gasteiger charge is 2.57. The van der Waals surface area contributed by atoms with Gasteiger partial charge < -0.3 is 14.9 Å². The molecule has 0 saturated carbocycles. The predicted molar refractivity (Wildman–Crippen MR) is 321 cm³/mol. The molecule has 1 heterocycles. The van der Waals surface area contributed by atoms with Gasteiger partial charge in [-0.3, -0.25) is 0 Å². The lowest BCUT2D eigenvalue weighted by molar-refractivity contribution is -0.132. The van der Waals surface area contributed by atoms with Gasteiger partial charge in [0.1, 0.15) is 11.6 Å². The standard InChI is InChI=1S/C71H63N3O2S/c1-7-69(8-2)59-43-52(73(48-25-17-13-18-26-48)49-27-19-14-20-28-49)34-38-55(59)62-63-56-39-35-53(74(50-29-21-15-22-30-50)51-31-23-16-24-32-51)44-60(56)71(11-5,12-6)66(63)67-64(65(62)69)57-37-33-46(42-58(57)70(67,9-3)10-4)61-40-36-54(77-61)41-47(45-72)68(75)76/h13-44H,7-12H2,1-6H3,(H,75,76)/b47-41+. The maximum atomic E-state index is 11.9. The van der Waals surface area contributed by atoms with Gasteiger partial charge in [-0.1, -0.05) is 139 Å². The first-order valence-electron chi connectivity index (χ1n) is 27.6. The molecule has 12 rings (SSSR count). The van der Waals surface area contributed by atoms with E-state index in [1.165, 1.54) is 84.2 Å². The van der Waals surface area contributed by atoms with E-state index in [0.29, 0.717) is 0 Å². The number of carboxylic acid groups (broad SMARTS) is 1. The van der Waals surface area contributed by atoms with Crippen LogP contribution in [0.3, 0.4) is 0 Å². The number of nitriles is 1. The Morgan fingerprint density at radius 3 is 1.26 bits per heavy atom. The van der Waals surface area contributed by atoms with E-state index in [-0.39, 0.29) is 21.8 Å². The molecule has 0 amide bonds. The minimum absolute atomic E-state index is 0.269. The van der Waals surface area contributed by atoms with E-state index in [2.05, 4.69) is 233 Å². The van der Waals surface area contributed by atoms with E-state index in [0.717, 1.165) is 88.0 Å². The van der Waals surface area contributed by atoms with E-state index in [1.54, 1.807) is 0 Å². The van der Waals surface area contributed by atoms with E-state index in [4.69, 9.17) is 0 Å². The van der Waals surface area contributed by atoms with Crippen LogP contribution in [0.15, 0.2) is 194 Å². The molecule has 0 spiro atoms. The molecule has 8 aromatic carbocycles. The summed E-state index contributed by atoms with van der Waals surface area (Å²) in [6.45, 7) is 14.5. The fourth-order valence-corrected chi connectivity index (χ4v) is 15.3. The van der Waals surface area contributed by atoms with Crippen molar-refractivity contribution in [3.63, 3.8) is 0 Å². The Kier molecular flexibility index (Phi) is 12.5. The van der Waals surface area contributed by atoms with Gasteiger partial charge in [-0.15, -0.1) is 11.3 Å². The van der Waals surface area contributed by atoms with Crippen molar-refractivity contribution in [1.29, 1.82) is 5.26 Å². The number of para-hydroxylation sites is 4. The number of thiophene rings is 1. The van der Waals surface area contributed by atoms with Crippen molar-refractivity contribution >= 4 is 57.5 Å². The zero-order valence-electron chi connectivity index (χ0n) is 44.8. The van der Waals surface area contributed by atoms with Gasteiger partial charge in [-0.25, -0.2) is 4.79 Å². The molecule has 6 heteroatoms. The van der Waals surface area contributed by atoms with Gasteiger partial charge in [0.05, 0.1) is 0 Å². The van der Waals surface area contributed by atoms with E-state index < -0.39 is 5.97 Å². The molecule has 5 nitrogen and oxygen atoms in total. The lowest BCUT2D eigenvalue weighted by Crippen LogP contribution is -2.32. The number of benzene rings is 8. The summed E-state index contributed by atoms with van der Waals surface area (Å²) in [5, 5.41) is 19.4. The minimum Gasteiger partial charge on any atom is -0.477 e. The number of anilines is 6. The number of rotatable bonds is 15. The molecule has 77 heavy (non-hydrogen) atoms. The predicted octanol–water partition coefficient (Wildman–Crippen LogP) is 19.6. The van der Waals surface area contributed by atoms with Gasteiger partial charge in [-0.05, 0) is 208 Å². The number of hydrogen-bond acceptors (Lipinski definition) is 5. The molecule has 0 saturated heterocycles. The third-order valence-electron chi connectivity index (χ3n) is 18.1. The van der Waals surface area contributed by atoms with Crippen LogP contribution in [0.2, 0.25) is 0 Å². The summed E-state index contributed by atoms with van der Waals surface area (Å²) in [6, 6.07) is 71.0. The Morgan fingerprint density at radius 1 is 0.468 bits per heavy atom. The van der Waals surface area contributed by atoms with Gasteiger partial charge in [0, 0.05) is 60.1 Å². The lowest BCUT2D eigenvalue weighted by atomic mass is 9.63. The molecule has 9 aromatic rings. The minimum atomic E-state index is -1.22. The normalized spacial score (nSPS) is 14.6. The van der Waals surface area contributed by atoms with Crippen LogP contribution in [0.5, 0.6) is 0 Å². The van der Waals surface area contributed by atoms with E-state index in [1.807, 2.05) is 12.1 Å². The van der Waals surface area contributed by atoms with Crippen LogP contribution in [0.4, 0.5) is 34.1 Å². The first kappa shape index (κ1) is 49.6. The summed E-state index contributed by atoms with van der Waals surface area (Å²) in [5.41, 5.74) is 23.6. The van der Waals surface area contributed by atoms with E-state index >= 15 is 0 Å². The van der Waals surface area contributed by atoms with Crippen LogP contribution < -0.4 is 9.80 Å². The average molecular weight is 1020 g/mol. The molecule has 0 aliphatic heterocycles. The van der Waals surface area contributed by atoms with Crippen LogP contribution >= 0.6 is 11.3 Å². The van der Waals surface area contributed by atoms with Gasteiger partial charge in [-0.2, -0.15) is 5.26 Å². The smallest absolute Gasteiger partial charge is 0.346 e. The molecule has 0 fully saturated rings. The lowest BCUT2D eigenvalue weighted by Gasteiger charge is -2.40. The van der Waals surface area contributed by atoms with Crippen molar-refractivity contribution < 1.29 is 9.90 Å². The molecule has 3 aliphatic carbocycles. The molecule has 0 unspecified atom stereocenters. The van der Waals surface area contributed by atoms with Crippen LogP contribution in [0.25, 0.3) is 49.9 Å². The average Bonchev–Trinajstić information content (AvgIpc) is 4.41. The first-order chi connectivity index (χ1) is 37.6. The summed E-state index contributed by atoms with van der Waals surface area (Å²) in [5.74, 6) is -1.22. The molecule has 0 bridgehead atoms. The second kappa shape index (κ2) is 19.4. The molecular formula is C71H63N3O2S. The van der Waals surface area contributed by atoms with Gasteiger partial charge in [0.15, 0.2) is 0 Å². The topological polar surface area (TPSA) is 67.6 Å². The molecule has 1 N–H and O–H groups in total. The molecule has 0 atom stereocenters. The van der Waals surface area contributed by atoms with Gasteiger partial charge in [0.25, 0.3) is 0 Å². The molecule has 0 radical (unpaired) electrons. The van der Waals surface area contributed by atoms with Crippen molar-refractivity contribution in [3.05, 3.63) is 232 Å². The highest BCUT2D eigenvalue weighted by molar-refractivity contribution is 7.16. The Hall–Kier alpha value is -8.24. The molecular weight excluding hydrogens is 959 g/mol. The van der Waals surface area contributed by atoms with Gasteiger partial charge >= 0.3 is 5.97 Å². The maximum absolute atomic E-state index is 11.9. The zero-order valence-corrected chi connectivity index (χ0v) is 45.6. The molecule has 1 aromatic heterocycles. The summed E-state index contributed by atoms with van der Waals surface area (Å²) >= 11 is 1.53. The summed E-state index contributed by atoms with van der Waals surface area (Å²) in [7, 11) is 0. The number of hydrogen-bond donors (Lipinski definition) is 1. The third kappa shape index (κ3) is 7.34. The van der Waals surface area contributed by atoms with Crippen LogP contribution in [0.1, 0.15) is 118 Å². The first-order valence-corrected chi connectivity index (χ1v) is 28.4. The van der Waals surface area contributed by atoms with Crippen molar-refractivity contribution in [2.45, 2.75) is 96.3 Å². The zero-order chi connectivity index (χ0) is 53.2. The second-order valence-corrected chi connectivity index (χ2v) is 22.1. The SMILES string of the molecule is CCC1(CC)c2cc(N(c3ccccc3)c3ccccc3)ccc2-c2c3c(c4c(c21)-c1ccc(-c2ccc(/C=C(\C#N)C(=O)O)s2)cc1C4(CC)CC)C(CC)(CC)c1cc(N(c2ccccc2)c2ccccc2)ccc1-3. The van der Waals surface area contributed by atoms with Crippen molar-refractivity contribution in [1.82, 2.24) is 0 Å². The summed E-state index contributed by atoms with van der Waals surface area (Å²) < 4.78 is 0. The summed E-state index contributed by atoms with van der Waals surface area (Å²) in [4.78, 5) is 18.5. The molecule has 380 valence electrons. The largest absolute Gasteiger partial charge is 0.477 e. The van der Waals surface area contributed by atoms with Crippen LogP contribution in [0, 0.1) is 11.3 Å². The van der Waals surface area contributed by atoms with Crippen molar-refractivity contribution in [2.75, 3.05) is 9.80 Å². The van der Waals surface area contributed by atoms with Crippen molar-refractivity contribution in [2.24, 2.45) is 0 Å². The number of aliphatic carboxylic acids is 1. The van der Waals surface area contributed by atoms with Gasteiger partial charge in [0.2, 0.25) is 0 Å².